The molecule has 4 nitrogen and oxygen atoms in total. The SMILES string of the molecule is COc1cc(C#N)cc(Oc2cccc(SC)c2C#N)c1. The van der Waals surface area contributed by atoms with Crippen molar-refractivity contribution in [1.29, 1.82) is 10.5 Å². The molecule has 0 radical (unpaired) electrons. The molecule has 104 valence electrons. The average molecular weight is 296 g/mol. The first-order valence-corrected chi connectivity index (χ1v) is 7.28. The molecular formula is C16H12N2O2S. The van der Waals surface area contributed by atoms with Gasteiger partial charge >= 0.3 is 0 Å². The van der Waals surface area contributed by atoms with E-state index in [1.807, 2.05) is 24.5 Å². The van der Waals surface area contributed by atoms with Gasteiger partial charge < -0.3 is 9.47 Å². The van der Waals surface area contributed by atoms with E-state index in [2.05, 4.69) is 6.07 Å². The fourth-order valence-corrected chi connectivity index (χ4v) is 2.38. The number of benzene rings is 2. The third kappa shape index (κ3) is 3.28. The molecule has 0 N–H and O–H groups in total. The van der Waals surface area contributed by atoms with Crippen molar-refractivity contribution >= 4 is 11.8 Å². The van der Waals surface area contributed by atoms with Crippen LogP contribution in [0.25, 0.3) is 0 Å². The van der Waals surface area contributed by atoms with Crippen LogP contribution in [0.4, 0.5) is 0 Å². The quantitative estimate of drug-likeness (QED) is 0.799. The summed E-state index contributed by atoms with van der Waals surface area (Å²) in [6, 6.07) is 14.5. The summed E-state index contributed by atoms with van der Waals surface area (Å²) < 4.78 is 10.9. The third-order valence-corrected chi connectivity index (χ3v) is 3.57. The summed E-state index contributed by atoms with van der Waals surface area (Å²) in [5.74, 6) is 1.45. The van der Waals surface area contributed by atoms with Gasteiger partial charge in [-0.1, -0.05) is 6.07 Å². The van der Waals surface area contributed by atoms with Crippen LogP contribution < -0.4 is 9.47 Å². The molecule has 0 amide bonds. The van der Waals surface area contributed by atoms with E-state index in [0.29, 0.717) is 28.4 Å². The van der Waals surface area contributed by atoms with E-state index in [9.17, 15) is 5.26 Å². The summed E-state index contributed by atoms with van der Waals surface area (Å²) in [5, 5.41) is 18.3. The van der Waals surface area contributed by atoms with Gasteiger partial charge in [0.2, 0.25) is 0 Å². The van der Waals surface area contributed by atoms with E-state index in [4.69, 9.17) is 14.7 Å². The Morgan fingerprint density at radius 1 is 1.05 bits per heavy atom. The largest absolute Gasteiger partial charge is 0.497 e. The smallest absolute Gasteiger partial charge is 0.146 e. The van der Waals surface area contributed by atoms with Gasteiger partial charge in [-0.25, -0.2) is 0 Å². The van der Waals surface area contributed by atoms with Crippen LogP contribution in [0.1, 0.15) is 11.1 Å². The standard InChI is InChI=1S/C16H12N2O2S/c1-19-12-6-11(9-17)7-13(8-12)20-15-4-3-5-16(21-2)14(15)10-18/h3-8H,1-2H3. The van der Waals surface area contributed by atoms with Crippen molar-refractivity contribution in [3.63, 3.8) is 0 Å². The zero-order valence-electron chi connectivity index (χ0n) is 11.6. The molecule has 0 aromatic heterocycles. The fourth-order valence-electron chi connectivity index (χ4n) is 1.82. The van der Waals surface area contributed by atoms with Crippen molar-refractivity contribution in [1.82, 2.24) is 0 Å². The first-order valence-electron chi connectivity index (χ1n) is 6.06. The van der Waals surface area contributed by atoms with Crippen molar-refractivity contribution in [3.05, 3.63) is 47.5 Å². The van der Waals surface area contributed by atoms with Crippen LogP contribution in [0.5, 0.6) is 17.2 Å². The fraction of sp³-hybridized carbons (Fsp3) is 0.125. The van der Waals surface area contributed by atoms with E-state index in [1.165, 1.54) is 18.9 Å². The highest BCUT2D eigenvalue weighted by Crippen LogP contribution is 2.33. The van der Waals surface area contributed by atoms with Crippen LogP contribution in [0.15, 0.2) is 41.3 Å². The minimum Gasteiger partial charge on any atom is -0.497 e. The zero-order valence-corrected chi connectivity index (χ0v) is 12.4. The van der Waals surface area contributed by atoms with E-state index in [-0.39, 0.29) is 0 Å². The van der Waals surface area contributed by atoms with Gasteiger partial charge in [-0.05, 0) is 30.5 Å². The average Bonchev–Trinajstić information content (AvgIpc) is 2.54. The molecule has 0 aliphatic heterocycles. The van der Waals surface area contributed by atoms with Crippen LogP contribution in [0.2, 0.25) is 0 Å². The maximum absolute atomic E-state index is 9.29. The molecule has 2 rings (SSSR count). The number of nitrogens with zero attached hydrogens (tertiary/aromatic N) is 2. The topological polar surface area (TPSA) is 66.0 Å². The summed E-state index contributed by atoms with van der Waals surface area (Å²) >= 11 is 1.48. The molecule has 21 heavy (non-hydrogen) atoms. The number of thioether (sulfide) groups is 1. The molecule has 2 aromatic rings. The first kappa shape index (κ1) is 14.8. The Labute approximate surface area is 127 Å². The van der Waals surface area contributed by atoms with Crippen LogP contribution in [0, 0.1) is 22.7 Å². The van der Waals surface area contributed by atoms with Crippen molar-refractivity contribution < 1.29 is 9.47 Å². The number of ether oxygens (including phenoxy) is 2. The van der Waals surface area contributed by atoms with E-state index >= 15 is 0 Å². The summed E-state index contributed by atoms with van der Waals surface area (Å²) in [6.45, 7) is 0. The summed E-state index contributed by atoms with van der Waals surface area (Å²) in [7, 11) is 1.52. The van der Waals surface area contributed by atoms with Gasteiger partial charge in [0.25, 0.3) is 0 Å². The molecule has 0 heterocycles. The monoisotopic (exact) mass is 296 g/mol. The molecule has 0 saturated heterocycles. The number of hydrogen-bond acceptors (Lipinski definition) is 5. The summed E-state index contributed by atoms with van der Waals surface area (Å²) in [4.78, 5) is 0.846. The molecule has 0 atom stereocenters. The summed E-state index contributed by atoms with van der Waals surface area (Å²) in [6.07, 6.45) is 1.90. The summed E-state index contributed by atoms with van der Waals surface area (Å²) in [5.41, 5.74) is 0.912. The van der Waals surface area contributed by atoms with Crippen molar-refractivity contribution in [2.45, 2.75) is 4.90 Å². The number of rotatable bonds is 4. The maximum atomic E-state index is 9.29. The van der Waals surface area contributed by atoms with Crippen LogP contribution in [-0.2, 0) is 0 Å². The van der Waals surface area contributed by atoms with Crippen LogP contribution in [-0.4, -0.2) is 13.4 Å². The van der Waals surface area contributed by atoms with Gasteiger partial charge in [0.1, 0.15) is 28.9 Å². The van der Waals surface area contributed by atoms with Crippen LogP contribution >= 0.6 is 11.8 Å². The Morgan fingerprint density at radius 2 is 1.81 bits per heavy atom. The molecule has 5 heteroatoms. The minimum atomic E-state index is 0.434. The van der Waals surface area contributed by atoms with Gasteiger partial charge in [0.05, 0.1) is 18.7 Å². The van der Waals surface area contributed by atoms with Gasteiger partial charge in [0.15, 0.2) is 0 Å². The lowest BCUT2D eigenvalue weighted by Gasteiger charge is -2.11. The lowest BCUT2D eigenvalue weighted by molar-refractivity contribution is 0.408. The predicted molar refractivity (Wildman–Crippen MR) is 80.7 cm³/mol. The normalized spacial score (nSPS) is 9.52. The second-order valence-corrected chi connectivity index (χ2v) is 4.90. The van der Waals surface area contributed by atoms with Crippen molar-refractivity contribution in [2.24, 2.45) is 0 Å². The highest BCUT2D eigenvalue weighted by atomic mass is 32.2. The number of hydrogen-bond donors (Lipinski definition) is 0. The van der Waals surface area contributed by atoms with Crippen LogP contribution in [0.3, 0.4) is 0 Å². The Kier molecular flexibility index (Phi) is 4.71. The molecular weight excluding hydrogens is 284 g/mol. The van der Waals surface area contributed by atoms with Gasteiger partial charge in [-0.15, -0.1) is 11.8 Å². The molecule has 0 fully saturated rings. The molecule has 0 aliphatic carbocycles. The second kappa shape index (κ2) is 6.69. The molecule has 0 unspecified atom stereocenters. The predicted octanol–water partition coefficient (Wildman–Crippen LogP) is 3.95. The van der Waals surface area contributed by atoms with Crippen molar-refractivity contribution in [3.8, 4) is 29.4 Å². The van der Waals surface area contributed by atoms with Gasteiger partial charge in [0, 0.05) is 11.0 Å². The first-order chi connectivity index (χ1) is 10.2. The number of methoxy groups -OCH3 is 1. The molecule has 0 saturated carbocycles. The molecule has 0 bridgehead atoms. The second-order valence-electron chi connectivity index (χ2n) is 4.06. The Balaban J connectivity index is 2.44. The molecule has 0 aliphatic rings. The number of nitriles is 2. The highest BCUT2D eigenvalue weighted by molar-refractivity contribution is 7.98. The third-order valence-electron chi connectivity index (χ3n) is 2.79. The maximum Gasteiger partial charge on any atom is 0.146 e. The lowest BCUT2D eigenvalue weighted by atomic mass is 10.2. The Bertz CT molecular complexity index is 745. The van der Waals surface area contributed by atoms with E-state index < -0.39 is 0 Å². The molecule has 2 aromatic carbocycles. The Hall–Kier alpha value is -2.63. The minimum absolute atomic E-state index is 0.434. The zero-order chi connectivity index (χ0) is 15.2. The molecule has 0 spiro atoms. The van der Waals surface area contributed by atoms with Gasteiger partial charge in [-0.3, -0.25) is 0 Å². The Morgan fingerprint density at radius 3 is 2.43 bits per heavy atom. The highest BCUT2D eigenvalue weighted by Gasteiger charge is 2.10. The van der Waals surface area contributed by atoms with Gasteiger partial charge in [-0.2, -0.15) is 10.5 Å². The lowest BCUT2D eigenvalue weighted by Crippen LogP contribution is -1.92. The van der Waals surface area contributed by atoms with E-state index in [1.54, 1.807) is 24.3 Å². The van der Waals surface area contributed by atoms with E-state index in [0.717, 1.165) is 4.90 Å². The van der Waals surface area contributed by atoms with Crippen molar-refractivity contribution in [2.75, 3.05) is 13.4 Å².